The highest BCUT2D eigenvalue weighted by atomic mass is 19.1. The topological polar surface area (TPSA) is 36.9 Å². The van der Waals surface area contributed by atoms with Crippen molar-refractivity contribution in [3.05, 3.63) is 35.9 Å². The molecule has 0 amide bonds. The first kappa shape index (κ1) is 13.9. The maximum absolute atomic E-state index is 13.2. The van der Waals surface area contributed by atoms with Crippen LogP contribution in [0.2, 0.25) is 0 Å². The van der Waals surface area contributed by atoms with Gasteiger partial charge in [0.25, 0.3) is 0 Å². The Balaban J connectivity index is 1.64. The third kappa shape index (κ3) is 2.46. The van der Waals surface area contributed by atoms with Crippen LogP contribution in [0.1, 0.15) is 12.0 Å². The van der Waals surface area contributed by atoms with Crippen molar-refractivity contribution in [2.45, 2.75) is 37.1 Å². The summed E-state index contributed by atoms with van der Waals surface area (Å²) in [6.07, 6.45) is -0.215. The van der Waals surface area contributed by atoms with Crippen molar-refractivity contribution in [2.24, 2.45) is 0 Å². The summed E-state index contributed by atoms with van der Waals surface area (Å²) in [6, 6.07) is 9.93. The molecule has 0 saturated carbocycles. The van der Waals surface area contributed by atoms with Gasteiger partial charge in [-0.3, -0.25) is 0 Å². The molecule has 2 aliphatic heterocycles. The molecule has 110 valence electrons. The van der Waals surface area contributed by atoms with Crippen LogP contribution in [-0.4, -0.2) is 44.5 Å². The van der Waals surface area contributed by atoms with Crippen molar-refractivity contribution in [1.29, 1.82) is 0 Å². The lowest BCUT2D eigenvalue weighted by atomic mass is 9.98. The number of benzene rings is 1. The number of fused-ring (bicyclic) bond motifs is 2. The summed E-state index contributed by atoms with van der Waals surface area (Å²) >= 11 is 0. The van der Waals surface area contributed by atoms with Crippen molar-refractivity contribution in [3.63, 3.8) is 0 Å². The Labute approximate surface area is 117 Å². The molecule has 4 nitrogen and oxygen atoms in total. The molecular formula is C15H19FO4. The molecule has 1 aromatic rings. The van der Waals surface area contributed by atoms with E-state index in [0.717, 1.165) is 5.56 Å². The third-order valence-corrected chi connectivity index (χ3v) is 3.97. The van der Waals surface area contributed by atoms with Gasteiger partial charge in [-0.05, 0) is 5.56 Å². The molecule has 0 radical (unpaired) electrons. The van der Waals surface area contributed by atoms with Crippen molar-refractivity contribution >= 4 is 0 Å². The zero-order chi connectivity index (χ0) is 14.0. The zero-order valence-corrected chi connectivity index (χ0v) is 11.5. The molecule has 2 saturated heterocycles. The Hall–Kier alpha value is -1.01. The fourth-order valence-corrected chi connectivity index (χ4v) is 2.83. The number of rotatable bonds is 5. The second-order valence-corrected chi connectivity index (χ2v) is 5.21. The lowest BCUT2D eigenvalue weighted by Crippen LogP contribution is -2.54. The van der Waals surface area contributed by atoms with E-state index in [1.54, 1.807) is 7.11 Å². The summed E-state index contributed by atoms with van der Waals surface area (Å²) in [5.41, 5.74) is 1.10. The van der Waals surface area contributed by atoms with Gasteiger partial charge in [0, 0.05) is 13.5 Å². The third-order valence-electron chi connectivity index (χ3n) is 3.97. The molecule has 0 spiro atoms. The highest BCUT2D eigenvalue weighted by molar-refractivity contribution is 5.13. The van der Waals surface area contributed by atoms with Gasteiger partial charge in [0.15, 0.2) is 0 Å². The molecule has 0 N–H and O–H groups in total. The standard InChI is InChI=1S/C15H19FO4/c1-17-14-7-12(13-9-19-15(14,10-16)20-13)18-8-11-5-3-2-4-6-11/h2-6,12-14H,7-10H2,1H3. The van der Waals surface area contributed by atoms with Gasteiger partial charge in [0.1, 0.15) is 18.9 Å². The molecule has 2 fully saturated rings. The van der Waals surface area contributed by atoms with Gasteiger partial charge in [-0.15, -0.1) is 0 Å². The minimum absolute atomic E-state index is 0.137. The van der Waals surface area contributed by atoms with Gasteiger partial charge in [-0.2, -0.15) is 0 Å². The highest BCUT2D eigenvalue weighted by Gasteiger charge is 2.56. The van der Waals surface area contributed by atoms with E-state index in [1.807, 2.05) is 30.3 Å². The van der Waals surface area contributed by atoms with Crippen LogP contribution in [0.25, 0.3) is 0 Å². The second-order valence-electron chi connectivity index (χ2n) is 5.21. The number of halogens is 1. The molecule has 2 bridgehead atoms. The number of alkyl halides is 1. The van der Waals surface area contributed by atoms with Gasteiger partial charge >= 0.3 is 0 Å². The number of hydrogen-bond donors (Lipinski definition) is 0. The first-order valence-electron chi connectivity index (χ1n) is 6.83. The lowest BCUT2D eigenvalue weighted by Gasteiger charge is -2.39. The van der Waals surface area contributed by atoms with Crippen molar-refractivity contribution in [2.75, 3.05) is 20.4 Å². The Kier molecular flexibility index (Phi) is 4.03. The zero-order valence-electron chi connectivity index (χ0n) is 11.5. The van der Waals surface area contributed by atoms with Crippen molar-refractivity contribution in [3.8, 4) is 0 Å². The van der Waals surface area contributed by atoms with Crippen LogP contribution < -0.4 is 0 Å². The molecule has 1 aromatic carbocycles. The summed E-state index contributed by atoms with van der Waals surface area (Å²) in [7, 11) is 1.54. The first-order valence-corrected chi connectivity index (χ1v) is 6.83. The highest BCUT2D eigenvalue weighted by Crippen LogP contribution is 2.39. The van der Waals surface area contributed by atoms with E-state index in [1.165, 1.54) is 0 Å². The minimum atomic E-state index is -1.23. The van der Waals surface area contributed by atoms with Gasteiger partial charge in [0.2, 0.25) is 5.79 Å². The SMILES string of the molecule is COC1CC(OCc2ccccc2)C2COC1(CF)O2. The van der Waals surface area contributed by atoms with E-state index >= 15 is 0 Å². The Morgan fingerprint density at radius 1 is 1.35 bits per heavy atom. The minimum Gasteiger partial charge on any atom is -0.376 e. The van der Waals surface area contributed by atoms with Crippen molar-refractivity contribution in [1.82, 2.24) is 0 Å². The van der Waals surface area contributed by atoms with E-state index < -0.39 is 18.6 Å². The van der Waals surface area contributed by atoms with Gasteiger partial charge in [0.05, 0.1) is 19.3 Å². The summed E-state index contributed by atoms with van der Waals surface area (Å²) in [5, 5.41) is 0. The molecule has 2 aliphatic rings. The molecule has 2 heterocycles. The summed E-state index contributed by atoms with van der Waals surface area (Å²) in [6.45, 7) is 0.154. The van der Waals surface area contributed by atoms with Crippen LogP contribution in [0, 0.1) is 0 Å². The smallest absolute Gasteiger partial charge is 0.224 e. The van der Waals surface area contributed by atoms with Gasteiger partial charge in [-0.25, -0.2) is 4.39 Å². The normalized spacial score (nSPS) is 36.2. The lowest BCUT2D eigenvalue weighted by molar-refractivity contribution is -0.279. The fourth-order valence-electron chi connectivity index (χ4n) is 2.83. The Morgan fingerprint density at radius 2 is 2.15 bits per heavy atom. The molecule has 3 rings (SSSR count). The summed E-state index contributed by atoms with van der Waals surface area (Å²) < 4.78 is 35.6. The number of hydrogen-bond acceptors (Lipinski definition) is 4. The van der Waals surface area contributed by atoms with E-state index in [-0.39, 0.29) is 12.2 Å². The quantitative estimate of drug-likeness (QED) is 0.828. The monoisotopic (exact) mass is 282 g/mol. The number of methoxy groups -OCH3 is 1. The van der Waals surface area contributed by atoms with Crippen LogP contribution in [-0.2, 0) is 25.6 Å². The summed E-state index contributed by atoms with van der Waals surface area (Å²) in [5.74, 6) is -1.23. The maximum atomic E-state index is 13.2. The van der Waals surface area contributed by atoms with Crippen LogP contribution in [0.4, 0.5) is 4.39 Å². The van der Waals surface area contributed by atoms with Crippen LogP contribution in [0.3, 0.4) is 0 Å². The molecule has 0 aliphatic carbocycles. The molecule has 4 atom stereocenters. The summed E-state index contributed by atoms with van der Waals surface area (Å²) in [4.78, 5) is 0. The van der Waals surface area contributed by atoms with Crippen LogP contribution >= 0.6 is 0 Å². The van der Waals surface area contributed by atoms with E-state index in [0.29, 0.717) is 19.6 Å². The number of ether oxygens (including phenoxy) is 4. The van der Waals surface area contributed by atoms with E-state index in [4.69, 9.17) is 18.9 Å². The van der Waals surface area contributed by atoms with Crippen molar-refractivity contribution < 1.29 is 23.3 Å². The molecule has 20 heavy (non-hydrogen) atoms. The van der Waals surface area contributed by atoms with Crippen LogP contribution in [0.15, 0.2) is 30.3 Å². The molecule has 4 unspecified atom stereocenters. The average molecular weight is 282 g/mol. The maximum Gasteiger partial charge on any atom is 0.224 e. The van der Waals surface area contributed by atoms with Gasteiger partial charge in [-0.1, -0.05) is 30.3 Å². The fraction of sp³-hybridized carbons (Fsp3) is 0.600. The molecule has 0 aromatic heterocycles. The molecular weight excluding hydrogens is 263 g/mol. The van der Waals surface area contributed by atoms with Crippen LogP contribution in [0.5, 0.6) is 0 Å². The largest absolute Gasteiger partial charge is 0.376 e. The molecule has 5 heteroatoms. The Morgan fingerprint density at radius 3 is 2.85 bits per heavy atom. The average Bonchev–Trinajstić information content (AvgIpc) is 2.89. The Bertz CT molecular complexity index is 441. The predicted molar refractivity (Wildman–Crippen MR) is 70.0 cm³/mol. The second kappa shape index (κ2) is 5.77. The van der Waals surface area contributed by atoms with Gasteiger partial charge < -0.3 is 18.9 Å². The predicted octanol–water partition coefficient (Wildman–Crippen LogP) is 2.07. The van der Waals surface area contributed by atoms with E-state index in [2.05, 4.69) is 0 Å². The van der Waals surface area contributed by atoms with E-state index in [9.17, 15) is 4.39 Å². The first-order chi connectivity index (χ1) is 9.77.